The lowest BCUT2D eigenvalue weighted by Gasteiger charge is -2.07. The molecule has 1 aromatic heterocycles. The number of thiocarbonyl (C=S) groups is 1. The minimum atomic E-state index is 0.709. The van der Waals surface area contributed by atoms with Crippen LogP contribution in [0.3, 0.4) is 0 Å². The van der Waals surface area contributed by atoms with E-state index in [4.69, 9.17) is 12.2 Å². The number of hydrogen-bond acceptors (Lipinski definition) is 2. The molecular weight excluding hydrogens is 208 g/mol. The molecule has 0 saturated carbocycles. The summed E-state index contributed by atoms with van der Waals surface area (Å²) < 4.78 is 1.90. The molecular formula is C10H18N4S. The van der Waals surface area contributed by atoms with Crippen molar-refractivity contribution >= 4 is 17.3 Å². The molecule has 0 spiro atoms. The summed E-state index contributed by atoms with van der Waals surface area (Å²) in [4.78, 5) is 0. The third-order valence-corrected chi connectivity index (χ3v) is 2.29. The second kappa shape index (κ2) is 6.40. The van der Waals surface area contributed by atoms with Crippen molar-refractivity contribution in [1.29, 1.82) is 0 Å². The number of hydrogen-bond donors (Lipinski definition) is 2. The Kier molecular flexibility index (Phi) is 5.10. The van der Waals surface area contributed by atoms with Gasteiger partial charge in [0.05, 0.1) is 6.20 Å². The Morgan fingerprint density at radius 1 is 1.47 bits per heavy atom. The molecule has 1 heterocycles. The molecule has 0 bridgehead atoms. The summed E-state index contributed by atoms with van der Waals surface area (Å²) in [5.41, 5.74) is 1.15. The molecule has 15 heavy (non-hydrogen) atoms. The van der Waals surface area contributed by atoms with Crippen LogP contribution in [0.1, 0.15) is 25.8 Å². The predicted molar refractivity (Wildman–Crippen MR) is 65.6 cm³/mol. The van der Waals surface area contributed by atoms with Crippen molar-refractivity contribution in [2.24, 2.45) is 0 Å². The molecule has 5 heteroatoms. The number of nitrogens with one attached hydrogen (secondary N) is 2. The number of aryl methyl sites for hydroxylation is 1. The van der Waals surface area contributed by atoms with E-state index in [0.717, 1.165) is 31.6 Å². The number of nitrogens with zero attached hydrogens (tertiary/aromatic N) is 2. The van der Waals surface area contributed by atoms with E-state index in [1.807, 2.05) is 17.1 Å². The zero-order valence-electron chi connectivity index (χ0n) is 9.29. The first-order chi connectivity index (χ1) is 7.26. The van der Waals surface area contributed by atoms with E-state index in [-0.39, 0.29) is 0 Å². The lowest BCUT2D eigenvalue weighted by Crippen LogP contribution is -2.35. The highest BCUT2D eigenvalue weighted by Crippen LogP contribution is 1.96. The van der Waals surface area contributed by atoms with Gasteiger partial charge in [-0.15, -0.1) is 0 Å². The van der Waals surface area contributed by atoms with Crippen LogP contribution in [0.2, 0.25) is 0 Å². The molecule has 0 aliphatic rings. The highest BCUT2D eigenvalue weighted by Gasteiger charge is 1.98. The van der Waals surface area contributed by atoms with Gasteiger partial charge in [0.25, 0.3) is 0 Å². The molecule has 0 radical (unpaired) electrons. The molecule has 0 fully saturated rings. The summed E-state index contributed by atoms with van der Waals surface area (Å²) in [7, 11) is 0. The van der Waals surface area contributed by atoms with Crippen LogP contribution in [0.4, 0.5) is 0 Å². The molecule has 1 rings (SSSR count). The SMILES string of the molecule is CCCNC(=S)NCc1cnn(CC)c1. The van der Waals surface area contributed by atoms with Crippen LogP contribution in [0.15, 0.2) is 12.4 Å². The molecule has 0 unspecified atom stereocenters. The maximum absolute atomic E-state index is 5.10. The standard InChI is InChI=1S/C10H18N4S/c1-3-5-11-10(15)12-6-9-7-13-14(4-2)8-9/h7-8H,3-6H2,1-2H3,(H2,11,12,15). The molecule has 4 nitrogen and oxygen atoms in total. The normalized spacial score (nSPS) is 10.0. The molecule has 0 amide bonds. The average Bonchev–Trinajstić information content (AvgIpc) is 2.71. The Bertz CT molecular complexity index is 308. The van der Waals surface area contributed by atoms with Gasteiger partial charge in [0.15, 0.2) is 5.11 Å². The Hall–Kier alpha value is -1.10. The summed E-state index contributed by atoms with van der Waals surface area (Å²) in [5, 5.41) is 11.2. The zero-order valence-corrected chi connectivity index (χ0v) is 10.1. The highest BCUT2D eigenvalue weighted by molar-refractivity contribution is 7.80. The Labute approximate surface area is 96.1 Å². The minimum absolute atomic E-state index is 0.709. The van der Waals surface area contributed by atoms with Crippen LogP contribution >= 0.6 is 12.2 Å². The van der Waals surface area contributed by atoms with Crippen molar-refractivity contribution in [3.05, 3.63) is 18.0 Å². The first kappa shape index (κ1) is 12.0. The third kappa shape index (κ3) is 4.29. The summed E-state index contributed by atoms with van der Waals surface area (Å²) in [6, 6.07) is 0. The van der Waals surface area contributed by atoms with Crippen LogP contribution in [0.5, 0.6) is 0 Å². The highest BCUT2D eigenvalue weighted by atomic mass is 32.1. The van der Waals surface area contributed by atoms with Crippen molar-refractivity contribution in [2.45, 2.75) is 33.4 Å². The Morgan fingerprint density at radius 2 is 2.27 bits per heavy atom. The second-order valence-corrected chi connectivity index (χ2v) is 3.72. The largest absolute Gasteiger partial charge is 0.363 e. The van der Waals surface area contributed by atoms with Gasteiger partial charge in [0.1, 0.15) is 0 Å². The van der Waals surface area contributed by atoms with Crippen LogP contribution in [0, 0.1) is 0 Å². The maximum atomic E-state index is 5.10. The van der Waals surface area contributed by atoms with E-state index in [9.17, 15) is 0 Å². The van der Waals surface area contributed by atoms with E-state index >= 15 is 0 Å². The quantitative estimate of drug-likeness (QED) is 0.742. The smallest absolute Gasteiger partial charge is 0.166 e. The first-order valence-electron chi connectivity index (χ1n) is 5.29. The van der Waals surface area contributed by atoms with Crippen LogP contribution < -0.4 is 10.6 Å². The zero-order chi connectivity index (χ0) is 11.1. The average molecular weight is 226 g/mol. The van der Waals surface area contributed by atoms with Gasteiger partial charge in [-0.1, -0.05) is 6.92 Å². The summed E-state index contributed by atoms with van der Waals surface area (Å²) in [6.45, 7) is 6.73. The van der Waals surface area contributed by atoms with Gasteiger partial charge in [-0.25, -0.2) is 0 Å². The molecule has 0 atom stereocenters. The third-order valence-electron chi connectivity index (χ3n) is 2.00. The van der Waals surface area contributed by atoms with Crippen molar-refractivity contribution < 1.29 is 0 Å². The van der Waals surface area contributed by atoms with Crippen molar-refractivity contribution in [2.75, 3.05) is 6.54 Å². The topological polar surface area (TPSA) is 41.9 Å². The van der Waals surface area contributed by atoms with E-state index < -0.39 is 0 Å². The van der Waals surface area contributed by atoms with Crippen molar-refractivity contribution in [3.8, 4) is 0 Å². The van der Waals surface area contributed by atoms with E-state index in [2.05, 4.69) is 29.6 Å². The fourth-order valence-corrected chi connectivity index (χ4v) is 1.33. The Balaban J connectivity index is 2.27. The van der Waals surface area contributed by atoms with Gasteiger partial charge in [0.2, 0.25) is 0 Å². The van der Waals surface area contributed by atoms with Crippen LogP contribution in [-0.2, 0) is 13.1 Å². The Morgan fingerprint density at radius 3 is 2.87 bits per heavy atom. The van der Waals surface area contributed by atoms with Crippen LogP contribution in [-0.4, -0.2) is 21.4 Å². The number of aromatic nitrogens is 2. The fourth-order valence-electron chi connectivity index (χ4n) is 1.15. The molecule has 0 saturated heterocycles. The summed E-state index contributed by atoms with van der Waals surface area (Å²) in [5.74, 6) is 0. The minimum Gasteiger partial charge on any atom is -0.363 e. The molecule has 0 aromatic carbocycles. The first-order valence-corrected chi connectivity index (χ1v) is 5.70. The van der Waals surface area contributed by atoms with Gasteiger partial charge in [-0.3, -0.25) is 4.68 Å². The van der Waals surface area contributed by atoms with Crippen molar-refractivity contribution in [1.82, 2.24) is 20.4 Å². The van der Waals surface area contributed by atoms with E-state index in [1.165, 1.54) is 0 Å². The predicted octanol–water partition coefficient (Wildman–Crippen LogP) is 1.28. The van der Waals surface area contributed by atoms with Gasteiger partial charge in [0, 0.05) is 31.4 Å². The van der Waals surface area contributed by atoms with E-state index in [1.54, 1.807) is 0 Å². The van der Waals surface area contributed by atoms with Crippen molar-refractivity contribution in [3.63, 3.8) is 0 Å². The monoisotopic (exact) mass is 226 g/mol. The van der Waals surface area contributed by atoms with Crippen LogP contribution in [0.25, 0.3) is 0 Å². The summed E-state index contributed by atoms with van der Waals surface area (Å²) in [6.07, 6.45) is 4.96. The van der Waals surface area contributed by atoms with Gasteiger partial charge in [-0.05, 0) is 25.6 Å². The van der Waals surface area contributed by atoms with Gasteiger partial charge < -0.3 is 10.6 Å². The van der Waals surface area contributed by atoms with Gasteiger partial charge >= 0.3 is 0 Å². The van der Waals surface area contributed by atoms with E-state index in [0.29, 0.717) is 5.11 Å². The lowest BCUT2D eigenvalue weighted by molar-refractivity contribution is 0.659. The molecule has 84 valence electrons. The molecule has 0 aliphatic carbocycles. The van der Waals surface area contributed by atoms with Gasteiger partial charge in [-0.2, -0.15) is 5.10 Å². The lowest BCUT2D eigenvalue weighted by atomic mass is 10.4. The summed E-state index contributed by atoms with van der Waals surface area (Å²) >= 11 is 5.10. The molecule has 2 N–H and O–H groups in total. The second-order valence-electron chi connectivity index (χ2n) is 3.31. The molecule has 0 aliphatic heterocycles. The fraction of sp³-hybridized carbons (Fsp3) is 0.600. The maximum Gasteiger partial charge on any atom is 0.166 e. The molecule has 1 aromatic rings. The number of rotatable bonds is 5.